The highest BCUT2D eigenvalue weighted by molar-refractivity contribution is 14.0. The molecule has 0 bridgehead atoms. The zero-order valence-corrected chi connectivity index (χ0v) is 17.2. The Kier molecular flexibility index (Phi) is 7.98. The summed E-state index contributed by atoms with van der Waals surface area (Å²) >= 11 is 1.67. The topological polar surface area (TPSA) is 49.3 Å². The van der Waals surface area contributed by atoms with Crippen molar-refractivity contribution in [1.82, 2.24) is 15.6 Å². The molecule has 2 aromatic rings. The molecule has 23 heavy (non-hydrogen) atoms. The van der Waals surface area contributed by atoms with Crippen molar-refractivity contribution in [3.63, 3.8) is 0 Å². The minimum atomic E-state index is 0. The molecule has 0 aliphatic carbocycles. The zero-order valence-electron chi connectivity index (χ0n) is 14.1. The molecule has 4 nitrogen and oxygen atoms in total. The minimum absolute atomic E-state index is 0. The average molecular weight is 444 g/mol. The van der Waals surface area contributed by atoms with Crippen molar-refractivity contribution in [2.24, 2.45) is 4.99 Å². The first-order valence-corrected chi connectivity index (χ1v) is 8.30. The monoisotopic (exact) mass is 444 g/mol. The van der Waals surface area contributed by atoms with Crippen molar-refractivity contribution in [2.45, 2.75) is 32.7 Å². The minimum Gasteiger partial charge on any atom is -0.356 e. The zero-order chi connectivity index (χ0) is 16.0. The number of nitrogens with one attached hydrogen (secondary N) is 2. The van der Waals surface area contributed by atoms with Crippen LogP contribution >= 0.6 is 35.3 Å². The summed E-state index contributed by atoms with van der Waals surface area (Å²) in [6.45, 7) is 8.06. The molecule has 1 aromatic carbocycles. The Morgan fingerprint density at radius 2 is 1.91 bits per heavy atom. The molecule has 0 atom stereocenters. The summed E-state index contributed by atoms with van der Waals surface area (Å²) in [5.41, 5.74) is 4.31. The van der Waals surface area contributed by atoms with Crippen LogP contribution < -0.4 is 10.6 Å². The molecule has 0 radical (unpaired) electrons. The van der Waals surface area contributed by atoms with Gasteiger partial charge >= 0.3 is 0 Å². The summed E-state index contributed by atoms with van der Waals surface area (Å²) in [6.07, 6.45) is 0. The maximum atomic E-state index is 4.29. The Labute approximate surface area is 159 Å². The molecular formula is C17H25IN4S. The maximum absolute atomic E-state index is 4.29. The second kappa shape index (κ2) is 9.22. The van der Waals surface area contributed by atoms with Crippen LogP contribution in [-0.2, 0) is 12.0 Å². The smallest absolute Gasteiger partial charge is 0.191 e. The maximum Gasteiger partial charge on any atom is 0.191 e. The fraction of sp³-hybridized carbons (Fsp3) is 0.412. The third kappa shape index (κ3) is 5.76. The molecule has 2 rings (SSSR count). The quantitative estimate of drug-likeness (QED) is 0.420. The van der Waals surface area contributed by atoms with Gasteiger partial charge in [0.05, 0.1) is 17.7 Å². The van der Waals surface area contributed by atoms with Crippen LogP contribution in [0.15, 0.2) is 40.8 Å². The van der Waals surface area contributed by atoms with E-state index in [-0.39, 0.29) is 29.4 Å². The predicted molar refractivity (Wildman–Crippen MR) is 110 cm³/mol. The molecule has 2 N–H and O–H groups in total. The number of rotatable bonds is 5. The molecule has 1 heterocycles. The molecule has 126 valence electrons. The third-order valence-electron chi connectivity index (χ3n) is 3.74. The van der Waals surface area contributed by atoms with Crippen molar-refractivity contribution in [2.75, 3.05) is 13.6 Å². The second-order valence-electron chi connectivity index (χ2n) is 5.89. The van der Waals surface area contributed by atoms with Crippen LogP contribution in [-0.4, -0.2) is 24.5 Å². The molecule has 0 saturated heterocycles. The average Bonchev–Trinajstić information content (AvgIpc) is 2.93. The number of guanidine groups is 1. The van der Waals surface area contributed by atoms with Crippen LogP contribution in [0.2, 0.25) is 0 Å². The summed E-state index contributed by atoms with van der Waals surface area (Å²) < 4.78 is 0. The molecule has 0 aliphatic heterocycles. The van der Waals surface area contributed by atoms with Gasteiger partial charge in [0, 0.05) is 23.9 Å². The molecule has 0 unspecified atom stereocenters. The lowest BCUT2D eigenvalue weighted by atomic mass is 9.85. The van der Waals surface area contributed by atoms with E-state index in [0.29, 0.717) is 0 Å². The van der Waals surface area contributed by atoms with Gasteiger partial charge in [-0.3, -0.25) is 4.99 Å². The van der Waals surface area contributed by atoms with Gasteiger partial charge < -0.3 is 10.6 Å². The summed E-state index contributed by atoms with van der Waals surface area (Å²) in [7, 11) is 1.80. The Morgan fingerprint density at radius 1 is 1.22 bits per heavy atom. The molecule has 0 saturated carbocycles. The van der Waals surface area contributed by atoms with Crippen molar-refractivity contribution >= 4 is 41.3 Å². The van der Waals surface area contributed by atoms with E-state index in [1.807, 2.05) is 18.5 Å². The van der Waals surface area contributed by atoms with Crippen LogP contribution in [0.3, 0.4) is 0 Å². The first-order valence-electron chi connectivity index (χ1n) is 7.42. The Hall–Kier alpha value is -1.15. The molecule has 6 heteroatoms. The number of aromatic nitrogens is 1. The fourth-order valence-corrected chi connectivity index (χ4v) is 2.89. The lowest BCUT2D eigenvalue weighted by molar-refractivity contribution is 0.508. The number of hydrogen-bond acceptors (Lipinski definition) is 3. The normalized spacial score (nSPS) is 11.7. The van der Waals surface area contributed by atoms with Crippen molar-refractivity contribution in [3.8, 4) is 0 Å². The van der Waals surface area contributed by atoms with Crippen LogP contribution in [0, 0.1) is 6.92 Å². The van der Waals surface area contributed by atoms with E-state index < -0.39 is 0 Å². The van der Waals surface area contributed by atoms with E-state index in [0.717, 1.165) is 24.7 Å². The molecule has 0 fully saturated rings. The number of halogens is 1. The van der Waals surface area contributed by atoms with Gasteiger partial charge in [0.15, 0.2) is 5.96 Å². The molecule has 0 aliphatic rings. The third-order valence-corrected chi connectivity index (χ3v) is 4.67. The Balaban J connectivity index is 0.00000264. The highest BCUT2D eigenvalue weighted by Gasteiger charge is 2.20. The molecule has 1 aromatic heterocycles. The van der Waals surface area contributed by atoms with E-state index in [4.69, 9.17) is 0 Å². The van der Waals surface area contributed by atoms with Crippen LogP contribution in [0.5, 0.6) is 0 Å². The highest BCUT2D eigenvalue weighted by Crippen LogP contribution is 2.21. The Morgan fingerprint density at radius 3 is 2.48 bits per heavy atom. The Bertz CT molecular complexity index is 623. The summed E-state index contributed by atoms with van der Waals surface area (Å²) in [5, 5.41) is 6.76. The van der Waals surface area contributed by atoms with Gasteiger partial charge in [-0.05, 0) is 12.5 Å². The summed E-state index contributed by atoms with van der Waals surface area (Å²) in [4.78, 5) is 9.80. The van der Waals surface area contributed by atoms with E-state index in [2.05, 4.69) is 58.7 Å². The highest BCUT2D eigenvalue weighted by atomic mass is 127. The van der Waals surface area contributed by atoms with Crippen LogP contribution in [0.4, 0.5) is 0 Å². The van der Waals surface area contributed by atoms with Gasteiger partial charge in [-0.2, -0.15) is 0 Å². The number of nitrogens with zero attached hydrogens (tertiary/aromatic N) is 2. The largest absolute Gasteiger partial charge is 0.356 e. The SMILES string of the molecule is CN=C(NCc1scnc1C)NCC(C)(C)c1ccccc1.I. The van der Waals surface area contributed by atoms with E-state index >= 15 is 0 Å². The first kappa shape index (κ1) is 19.9. The van der Waals surface area contributed by atoms with Gasteiger partial charge in [-0.25, -0.2) is 4.98 Å². The van der Waals surface area contributed by atoms with E-state index in [1.165, 1.54) is 10.4 Å². The van der Waals surface area contributed by atoms with E-state index in [9.17, 15) is 0 Å². The lowest BCUT2D eigenvalue weighted by Gasteiger charge is -2.26. The number of thiazole rings is 1. The standard InChI is InChI=1S/C17H24N4S.HI/c1-13-15(22-12-21-13)10-19-16(18-4)20-11-17(2,3)14-8-6-5-7-9-14;/h5-9,12H,10-11H2,1-4H3,(H2,18,19,20);1H. The number of hydrogen-bond donors (Lipinski definition) is 2. The van der Waals surface area contributed by atoms with Crippen molar-refractivity contribution < 1.29 is 0 Å². The van der Waals surface area contributed by atoms with Gasteiger partial charge in [0.25, 0.3) is 0 Å². The van der Waals surface area contributed by atoms with Crippen LogP contribution in [0.1, 0.15) is 30.0 Å². The molecular weight excluding hydrogens is 419 g/mol. The van der Waals surface area contributed by atoms with Gasteiger partial charge in [0.1, 0.15) is 0 Å². The number of aryl methyl sites for hydroxylation is 1. The lowest BCUT2D eigenvalue weighted by Crippen LogP contribution is -2.43. The van der Waals surface area contributed by atoms with Crippen LogP contribution in [0.25, 0.3) is 0 Å². The fourth-order valence-electron chi connectivity index (χ4n) is 2.18. The van der Waals surface area contributed by atoms with Gasteiger partial charge in [0.2, 0.25) is 0 Å². The van der Waals surface area contributed by atoms with E-state index in [1.54, 1.807) is 18.4 Å². The van der Waals surface area contributed by atoms with Gasteiger partial charge in [-0.1, -0.05) is 44.2 Å². The second-order valence-corrected chi connectivity index (χ2v) is 6.83. The first-order chi connectivity index (χ1) is 10.5. The molecule has 0 amide bonds. The number of aliphatic imine (C=N–C) groups is 1. The van der Waals surface area contributed by atoms with Gasteiger partial charge in [-0.15, -0.1) is 35.3 Å². The number of benzene rings is 1. The molecule has 0 spiro atoms. The van der Waals surface area contributed by atoms with Crippen molar-refractivity contribution in [3.05, 3.63) is 52.0 Å². The summed E-state index contributed by atoms with van der Waals surface area (Å²) in [5.74, 6) is 0.816. The predicted octanol–water partition coefficient (Wildman–Crippen LogP) is 3.71. The summed E-state index contributed by atoms with van der Waals surface area (Å²) in [6, 6.07) is 10.5. The van der Waals surface area contributed by atoms with Crippen molar-refractivity contribution in [1.29, 1.82) is 0 Å².